The third kappa shape index (κ3) is 8.40. The third-order valence-electron chi connectivity index (χ3n) is 3.97. The molecule has 2 N–H and O–H groups in total. The van der Waals surface area contributed by atoms with Gasteiger partial charge in [-0.2, -0.15) is 0 Å². The molecule has 0 bridgehead atoms. The first-order chi connectivity index (χ1) is 11.2. The quantitative estimate of drug-likeness (QED) is 0.320. The summed E-state index contributed by atoms with van der Waals surface area (Å²) >= 11 is 0. The summed E-state index contributed by atoms with van der Waals surface area (Å²) in [6.07, 6.45) is 2.29. The predicted octanol–water partition coefficient (Wildman–Crippen LogP) is -3.43. The molecule has 0 aromatic rings. The van der Waals surface area contributed by atoms with Crippen molar-refractivity contribution in [1.29, 1.82) is 0 Å². The molecule has 0 aliphatic heterocycles. The molecule has 0 aromatic heterocycles. The van der Waals surface area contributed by atoms with Crippen molar-refractivity contribution in [2.45, 2.75) is 37.8 Å². The molecule has 1 aliphatic rings. The average Bonchev–Trinajstić information content (AvgIpc) is 2.44. The zero-order valence-corrected chi connectivity index (χ0v) is 14.9. The minimum absolute atomic E-state index is 0. The normalized spacial score (nSPS) is 20.1. The van der Waals surface area contributed by atoms with Crippen LogP contribution in [0, 0.1) is 0 Å². The van der Waals surface area contributed by atoms with Gasteiger partial charge >= 0.3 is 32.4 Å². The van der Waals surface area contributed by atoms with E-state index in [1.165, 1.54) is 4.90 Å². The Labute approximate surface area is 158 Å². The molecule has 144 valence electrons. The Morgan fingerprint density at radius 2 is 1.08 bits per heavy atom. The van der Waals surface area contributed by atoms with Gasteiger partial charge in [-0.3, -0.25) is 19.4 Å². The van der Waals surface area contributed by atoms with Gasteiger partial charge in [0.25, 0.3) is 0 Å². The van der Waals surface area contributed by atoms with E-state index >= 15 is 0 Å². The smallest absolute Gasteiger partial charge is 0.549 e. The topological polar surface area (TPSA) is 161 Å². The van der Waals surface area contributed by atoms with E-state index in [1.807, 2.05) is 0 Å². The molecule has 0 amide bonds. The zero-order chi connectivity index (χ0) is 18.3. The van der Waals surface area contributed by atoms with Crippen molar-refractivity contribution >= 4 is 23.9 Å². The van der Waals surface area contributed by atoms with Gasteiger partial charge in [-0.25, -0.2) is 0 Å². The van der Waals surface area contributed by atoms with E-state index in [2.05, 4.69) is 0 Å². The number of aliphatic carboxylic acids is 4. The first-order valence-electron chi connectivity index (χ1n) is 7.52. The van der Waals surface area contributed by atoms with Gasteiger partial charge in [-0.1, -0.05) is 12.8 Å². The van der Waals surface area contributed by atoms with Gasteiger partial charge in [-0.15, -0.1) is 0 Å². The van der Waals surface area contributed by atoms with Crippen LogP contribution < -0.4 is 10.2 Å². The second-order valence-corrected chi connectivity index (χ2v) is 5.76. The number of hydrogen-bond acceptors (Lipinski definition) is 8. The maximum Gasteiger partial charge on any atom is 2.00 e. The summed E-state index contributed by atoms with van der Waals surface area (Å²) in [5.41, 5.74) is 0. The van der Waals surface area contributed by atoms with Crippen LogP contribution in [0.15, 0.2) is 0 Å². The predicted molar refractivity (Wildman–Crippen MR) is 74.5 cm³/mol. The first-order valence-corrected chi connectivity index (χ1v) is 7.52. The van der Waals surface area contributed by atoms with Crippen LogP contribution in [0.25, 0.3) is 0 Å². The van der Waals surface area contributed by atoms with E-state index in [9.17, 15) is 29.4 Å². The molecule has 10 nitrogen and oxygen atoms in total. The molecule has 25 heavy (non-hydrogen) atoms. The van der Waals surface area contributed by atoms with E-state index in [0.29, 0.717) is 25.7 Å². The summed E-state index contributed by atoms with van der Waals surface area (Å²) in [7, 11) is 0. The van der Waals surface area contributed by atoms with Crippen molar-refractivity contribution in [1.82, 2.24) is 9.80 Å². The molecular weight excluding hydrogens is 431 g/mol. The van der Waals surface area contributed by atoms with Crippen LogP contribution in [0.5, 0.6) is 0 Å². The number of carboxylic acids is 4. The standard InChI is InChI=1S/C14H22N2O8.Pd/c17-11(18)5-15(6-12(19)20)9-3-1-2-4-10(9)16(7-13(21)22)8-14(23)24;/h9-10H,1-8H2,(H,17,18)(H,19,20)(H,21,22)(H,23,24);/q;+2/p-2. The number of carbonyl (C=O) groups excluding carboxylic acids is 2. The maximum atomic E-state index is 11.0. The van der Waals surface area contributed by atoms with E-state index in [1.54, 1.807) is 0 Å². The largest absolute Gasteiger partial charge is 2.00 e. The summed E-state index contributed by atoms with van der Waals surface area (Å²) in [4.78, 5) is 46.2. The molecule has 0 heterocycles. The summed E-state index contributed by atoms with van der Waals surface area (Å²) in [6, 6.07) is -1.18. The van der Waals surface area contributed by atoms with Gasteiger partial charge < -0.3 is 30.0 Å². The number of nitrogens with zero attached hydrogens (tertiary/aromatic N) is 2. The molecule has 0 radical (unpaired) electrons. The zero-order valence-electron chi connectivity index (χ0n) is 13.4. The van der Waals surface area contributed by atoms with Crippen molar-refractivity contribution in [2.24, 2.45) is 0 Å². The molecule has 1 aliphatic carbocycles. The van der Waals surface area contributed by atoms with Crippen molar-refractivity contribution in [3.8, 4) is 0 Å². The Hall–Kier alpha value is -1.54. The molecule has 1 saturated carbocycles. The molecule has 1 rings (SSSR count). The van der Waals surface area contributed by atoms with Gasteiger partial charge in [0.2, 0.25) is 0 Å². The summed E-state index contributed by atoms with van der Waals surface area (Å²) in [5, 5.41) is 39.8. The number of rotatable bonds is 10. The Kier molecular flexibility index (Phi) is 10.5. The minimum atomic E-state index is -1.47. The third-order valence-corrected chi connectivity index (χ3v) is 3.97. The second kappa shape index (κ2) is 11.2. The van der Waals surface area contributed by atoms with Crippen LogP contribution in [0.3, 0.4) is 0 Å². The molecule has 1 fully saturated rings. The van der Waals surface area contributed by atoms with Crippen molar-refractivity contribution in [3.63, 3.8) is 0 Å². The number of carboxylic acid groups (broad SMARTS) is 4. The number of carbonyl (C=O) groups is 4. The summed E-state index contributed by atoms with van der Waals surface area (Å²) in [5.74, 6) is -5.37. The molecule has 2 unspecified atom stereocenters. The summed E-state index contributed by atoms with van der Waals surface area (Å²) < 4.78 is 0. The average molecular weight is 451 g/mol. The Morgan fingerprint density at radius 3 is 1.36 bits per heavy atom. The van der Waals surface area contributed by atoms with Crippen LogP contribution in [0.2, 0.25) is 0 Å². The number of hydrogen-bond donors (Lipinski definition) is 2. The van der Waals surface area contributed by atoms with E-state index < -0.39 is 62.1 Å². The second-order valence-electron chi connectivity index (χ2n) is 5.76. The van der Waals surface area contributed by atoms with E-state index in [-0.39, 0.29) is 20.4 Å². The van der Waals surface area contributed by atoms with Crippen molar-refractivity contribution in [3.05, 3.63) is 0 Å². The molecule has 2 atom stereocenters. The Morgan fingerprint density at radius 1 is 0.760 bits per heavy atom. The van der Waals surface area contributed by atoms with E-state index in [4.69, 9.17) is 10.2 Å². The SMILES string of the molecule is O=C([O-])CN(CC(=O)[O-])C1CCCCC1N(CC(=O)O)CC(=O)O.[Pd+2]. The molecule has 0 aromatic carbocycles. The summed E-state index contributed by atoms with van der Waals surface area (Å²) in [6.45, 7) is -2.36. The fraction of sp³-hybridized carbons (Fsp3) is 0.714. The minimum Gasteiger partial charge on any atom is -0.549 e. The van der Waals surface area contributed by atoms with Crippen LogP contribution in [-0.4, -0.2) is 82.2 Å². The monoisotopic (exact) mass is 450 g/mol. The Balaban J connectivity index is 0.00000576. The van der Waals surface area contributed by atoms with Crippen LogP contribution in [0.4, 0.5) is 0 Å². The maximum absolute atomic E-state index is 11.0. The molecule has 0 saturated heterocycles. The fourth-order valence-corrected chi connectivity index (χ4v) is 3.20. The molecule has 11 heteroatoms. The van der Waals surface area contributed by atoms with Gasteiger partial charge in [0.15, 0.2) is 0 Å². The van der Waals surface area contributed by atoms with Crippen LogP contribution in [0.1, 0.15) is 25.7 Å². The van der Waals surface area contributed by atoms with E-state index in [0.717, 1.165) is 4.90 Å². The van der Waals surface area contributed by atoms with Crippen molar-refractivity contribution < 1.29 is 60.0 Å². The van der Waals surface area contributed by atoms with Gasteiger partial charge in [0.05, 0.1) is 25.0 Å². The molecule has 0 spiro atoms. The van der Waals surface area contributed by atoms with Crippen LogP contribution in [-0.2, 0) is 39.6 Å². The van der Waals surface area contributed by atoms with Gasteiger partial charge in [0.1, 0.15) is 0 Å². The van der Waals surface area contributed by atoms with Crippen LogP contribution >= 0.6 is 0 Å². The molecular formula is C14H20N2O8Pd. The fourth-order valence-electron chi connectivity index (χ4n) is 3.20. The van der Waals surface area contributed by atoms with Gasteiger partial charge in [0, 0.05) is 25.2 Å². The van der Waals surface area contributed by atoms with Crippen molar-refractivity contribution in [2.75, 3.05) is 26.2 Å². The Bertz CT molecular complexity index is 425. The first kappa shape index (κ1) is 23.5. The van der Waals surface area contributed by atoms with Gasteiger partial charge in [-0.05, 0) is 12.8 Å².